The molecule has 0 unspecified atom stereocenters. The summed E-state index contributed by atoms with van der Waals surface area (Å²) in [4.78, 5) is 7.38. The summed E-state index contributed by atoms with van der Waals surface area (Å²) in [5.41, 5.74) is 23.3. The Balaban J connectivity index is 1.15. The van der Waals surface area contributed by atoms with E-state index in [1.165, 1.54) is 44.2 Å². The Morgan fingerprint density at radius 2 is 0.919 bits per heavy atom. The van der Waals surface area contributed by atoms with Crippen molar-refractivity contribution in [3.8, 4) is 33.8 Å². The third-order valence-corrected chi connectivity index (χ3v) is 15.3. The minimum Gasteiger partial charge on any atom is -0.454 e. The van der Waals surface area contributed by atoms with Crippen LogP contribution in [0.1, 0.15) is 84.6 Å². The second kappa shape index (κ2) is 17.6. The Morgan fingerprint density at radius 3 is 1.45 bits per heavy atom. The van der Waals surface area contributed by atoms with Gasteiger partial charge in [-0.2, -0.15) is 0 Å². The molecule has 5 nitrogen and oxygen atoms in total. The van der Waals surface area contributed by atoms with Crippen LogP contribution in [0.2, 0.25) is 0 Å². The van der Waals surface area contributed by atoms with E-state index in [0.717, 1.165) is 79.4 Å². The first-order chi connectivity index (χ1) is 35.5. The number of hydrogen-bond donors (Lipinski definition) is 0. The van der Waals surface area contributed by atoms with Crippen molar-refractivity contribution in [2.24, 2.45) is 0 Å². The number of fused-ring (bicyclic) bond motifs is 6. The summed E-state index contributed by atoms with van der Waals surface area (Å²) in [6.45, 7) is 22.8. The topological polar surface area (TPSA) is 28.2 Å². The van der Waals surface area contributed by atoms with Crippen LogP contribution in [0.5, 0.6) is 11.5 Å². The Morgan fingerprint density at radius 1 is 0.419 bits per heavy atom. The molecular formula is C68H64BN3O2. The number of anilines is 9. The fraction of sp³-hybridized carbons (Fsp3) is 0.206. The van der Waals surface area contributed by atoms with Crippen molar-refractivity contribution in [3.63, 3.8) is 0 Å². The average Bonchev–Trinajstić information content (AvgIpc) is 3.94. The van der Waals surface area contributed by atoms with Gasteiger partial charge in [0, 0.05) is 45.5 Å². The summed E-state index contributed by atoms with van der Waals surface area (Å²) in [7, 11) is 0. The molecule has 9 aromatic rings. The van der Waals surface area contributed by atoms with Crippen molar-refractivity contribution >= 4 is 74.3 Å². The molecule has 3 aliphatic rings. The standard InChI is InChI=1S/C68H64BN3O2/c1-44-37-60-63-61(38-44)72(54-31-29-51(30-32-54)68(8,9)10)64-58(35-36-62-65(64)74-43-73-62)69(63)57-34-33-55(70(52-17-13-11-14-18-52)53-19-15-12-16-20-53)42-59(57)71(60)56-40-47(45-21-25-49(26-22-45)66(2,3)4)39-48(41-56)46-23-27-50(28-24-46)67(5,6)7/h11-42H,43H2,1-10H3. The molecule has 0 radical (unpaired) electrons. The number of hydrogen-bond acceptors (Lipinski definition) is 5. The highest BCUT2D eigenvalue weighted by Gasteiger charge is 2.46. The van der Waals surface area contributed by atoms with Gasteiger partial charge in [-0.1, -0.05) is 172 Å². The molecular weight excluding hydrogens is 902 g/mol. The van der Waals surface area contributed by atoms with Crippen LogP contribution >= 0.6 is 0 Å². The van der Waals surface area contributed by atoms with Crippen molar-refractivity contribution < 1.29 is 9.47 Å². The van der Waals surface area contributed by atoms with Crippen LogP contribution in [0, 0.1) is 6.92 Å². The molecule has 366 valence electrons. The molecule has 0 bridgehead atoms. The Labute approximate surface area is 438 Å². The number of para-hydroxylation sites is 2. The van der Waals surface area contributed by atoms with E-state index in [2.05, 4.69) is 278 Å². The molecule has 0 N–H and O–H groups in total. The van der Waals surface area contributed by atoms with Crippen LogP contribution in [-0.2, 0) is 16.2 Å². The molecule has 3 aliphatic heterocycles. The van der Waals surface area contributed by atoms with Crippen LogP contribution in [0.4, 0.5) is 51.2 Å². The monoisotopic (exact) mass is 966 g/mol. The highest BCUT2D eigenvalue weighted by atomic mass is 16.7. The van der Waals surface area contributed by atoms with Crippen molar-refractivity contribution in [1.29, 1.82) is 0 Å². The van der Waals surface area contributed by atoms with Gasteiger partial charge in [0.2, 0.25) is 6.79 Å². The molecule has 0 amide bonds. The molecule has 6 heteroatoms. The van der Waals surface area contributed by atoms with E-state index in [-0.39, 0.29) is 29.8 Å². The van der Waals surface area contributed by atoms with Crippen LogP contribution in [-0.4, -0.2) is 13.5 Å². The van der Waals surface area contributed by atoms with E-state index in [9.17, 15) is 0 Å². The molecule has 74 heavy (non-hydrogen) atoms. The van der Waals surface area contributed by atoms with Gasteiger partial charge in [0.25, 0.3) is 6.71 Å². The summed E-state index contributed by atoms with van der Waals surface area (Å²) in [5.74, 6) is 1.55. The fourth-order valence-corrected chi connectivity index (χ4v) is 11.4. The van der Waals surface area contributed by atoms with Crippen molar-refractivity contribution in [1.82, 2.24) is 0 Å². The molecule has 3 heterocycles. The van der Waals surface area contributed by atoms with Gasteiger partial charge in [0.05, 0.1) is 5.69 Å². The van der Waals surface area contributed by atoms with Gasteiger partial charge >= 0.3 is 0 Å². The lowest BCUT2D eigenvalue weighted by Gasteiger charge is -2.45. The highest BCUT2D eigenvalue weighted by Crippen LogP contribution is 2.52. The first kappa shape index (κ1) is 47.1. The third-order valence-electron chi connectivity index (χ3n) is 15.3. The molecule has 0 fully saturated rings. The molecule has 9 aromatic carbocycles. The van der Waals surface area contributed by atoms with Gasteiger partial charge in [-0.15, -0.1) is 0 Å². The van der Waals surface area contributed by atoms with E-state index in [1.807, 2.05) is 0 Å². The van der Waals surface area contributed by atoms with Crippen molar-refractivity contribution in [2.45, 2.75) is 85.5 Å². The number of benzene rings is 9. The van der Waals surface area contributed by atoms with Crippen LogP contribution in [0.15, 0.2) is 194 Å². The molecule has 0 spiro atoms. The van der Waals surface area contributed by atoms with Gasteiger partial charge in [0.15, 0.2) is 11.5 Å². The van der Waals surface area contributed by atoms with E-state index in [4.69, 9.17) is 9.47 Å². The summed E-state index contributed by atoms with van der Waals surface area (Å²) < 4.78 is 12.7. The lowest BCUT2D eigenvalue weighted by atomic mass is 9.33. The molecule has 0 aliphatic carbocycles. The second-order valence-corrected chi connectivity index (χ2v) is 23.5. The van der Waals surface area contributed by atoms with Crippen molar-refractivity contribution in [3.05, 3.63) is 216 Å². The second-order valence-electron chi connectivity index (χ2n) is 23.5. The molecule has 0 atom stereocenters. The van der Waals surface area contributed by atoms with Gasteiger partial charge in [-0.05, 0) is 169 Å². The normalized spacial score (nSPS) is 13.6. The minimum absolute atomic E-state index is 0.000442. The van der Waals surface area contributed by atoms with Crippen molar-refractivity contribution in [2.75, 3.05) is 21.5 Å². The summed E-state index contributed by atoms with van der Waals surface area (Å²) in [5, 5.41) is 0. The summed E-state index contributed by atoms with van der Waals surface area (Å²) in [6.07, 6.45) is 0. The predicted octanol–water partition coefficient (Wildman–Crippen LogP) is 16.5. The average molecular weight is 966 g/mol. The maximum atomic E-state index is 6.52. The maximum absolute atomic E-state index is 6.52. The minimum atomic E-state index is -0.130. The summed E-state index contributed by atoms with van der Waals surface area (Å²) >= 11 is 0. The van der Waals surface area contributed by atoms with Crippen LogP contribution < -0.4 is 40.6 Å². The first-order valence-electron chi connectivity index (χ1n) is 26.2. The predicted molar refractivity (Wildman–Crippen MR) is 313 cm³/mol. The number of ether oxygens (including phenoxy) is 2. The molecule has 12 rings (SSSR count). The van der Waals surface area contributed by atoms with E-state index in [1.54, 1.807) is 0 Å². The zero-order valence-corrected chi connectivity index (χ0v) is 44.4. The van der Waals surface area contributed by atoms with E-state index >= 15 is 0 Å². The van der Waals surface area contributed by atoms with Crippen LogP contribution in [0.25, 0.3) is 22.3 Å². The lowest BCUT2D eigenvalue weighted by Crippen LogP contribution is -2.61. The van der Waals surface area contributed by atoms with Gasteiger partial charge in [-0.25, -0.2) is 0 Å². The summed E-state index contributed by atoms with van der Waals surface area (Å²) in [6, 6.07) is 72.5. The quantitative estimate of drug-likeness (QED) is 0.148. The Bertz CT molecular complexity index is 3470. The number of nitrogens with zero attached hydrogens (tertiary/aromatic N) is 3. The molecule has 0 saturated heterocycles. The Hall–Kier alpha value is -7.96. The maximum Gasteiger partial charge on any atom is 0.252 e. The van der Waals surface area contributed by atoms with Gasteiger partial charge < -0.3 is 24.2 Å². The van der Waals surface area contributed by atoms with E-state index < -0.39 is 0 Å². The van der Waals surface area contributed by atoms with E-state index in [0.29, 0.717) is 0 Å². The largest absolute Gasteiger partial charge is 0.454 e. The first-order valence-corrected chi connectivity index (χ1v) is 26.2. The fourth-order valence-electron chi connectivity index (χ4n) is 11.4. The van der Waals surface area contributed by atoms with Gasteiger partial charge in [-0.3, -0.25) is 0 Å². The third kappa shape index (κ3) is 8.21. The smallest absolute Gasteiger partial charge is 0.252 e. The SMILES string of the molecule is Cc1cc2c3c(c1)N(c1ccc(C(C)(C)C)cc1)c1c(ccc4c1OCO4)B3c1ccc(N(c3ccccc3)c3ccccc3)cc1N2c1cc(-c2ccc(C(C)(C)C)cc2)cc(-c2ccc(C(C)(C)C)cc2)c1. The Kier molecular flexibility index (Phi) is 11.2. The molecule has 0 saturated carbocycles. The number of aryl methyl sites for hydroxylation is 1. The molecule has 0 aromatic heterocycles. The lowest BCUT2D eigenvalue weighted by molar-refractivity contribution is 0.174. The highest BCUT2D eigenvalue weighted by molar-refractivity contribution is 7.00. The van der Waals surface area contributed by atoms with Gasteiger partial charge in [0.1, 0.15) is 0 Å². The zero-order valence-electron chi connectivity index (χ0n) is 44.4. The van der Waals surface area contributed by atoms with Crippen LogP contribution in [0.3, 0.4) is 0 Å². The zero-order chi connectivity index (χ0) is 51.3. The number of rotatable bonds is 7.